The zero-order valence-electron chi connectivity index (χ0n) is 16.3. The lowest BCUT2D eigenvalue weighted by atomic mass is 9.92. The second-order valence-electron chi connectivity index (χ2n) is 8.54. The largest absolute Gasteiger partial charge is 0.487 e. The molecule has 2 aromatic rings. The second kappa shape index (κ2) is 6.70. The van der Waals surface area contributed by atoms with Crippen LogP contribution in [0.15, 0.2) is 21.3 Å². The lowest BCUT2D eigenvalue weighted by Gasteiger charge is -2.32. The molecule has 0 unspecified atom stereocenters. The summed E-state index contributed by atoms with van der Waals surface area (Å²) in [5.74, 6) is 0.688. The Morgan fingerprint density at radius 3 is 2.74 bits per heavy atom. The van der Waals surface area contributed by atoms with Crippen molar-refractivity contribution in [3.05, 3.63) is 39.2 Å². The van der Waals surface area contributed by atoms with Gasteiger partial charge in [-0.1, -0.05) is 12.8 Å². The lowest BCUT2D eigenvalue weighted by molar-refractivity contribution is -0.121. The van der Waals surface area contributed by atoms with Crippen molar-refractivity contribution >= 4 is 16.9 Å². The highest BCUT2D eigenvalue weighted by atomic mass is 16.5. The maximum absolute atomic E-state index is 12.5. The molecule has 2 aliphatic rings. The molecule has 5 heteroatoms. The highest BCUT2D eigenvalue weighted by Gasteiger charge is 2.28. The SMILES string of the molecule is Cc1c(CC(=O)NC2CCCC2)c(=O)oc2cc3c(cc12)CCC(C)(C)O3. The lowest BCUT2D eigenvalue weighted by Crippen LogP contribution is -2.35. The van der Waals surface area contributed by atoms with E-state index in [1.807, 2.05) is 13.0 Å². The number of hydrogen-bond donors (Lipinski definition) is 1. The quantitative estimate of drug-likeness (QED) is 0.836. The van der Waals surface area contributed by atoms with Crippen LogP contribution in [-0.2, 0) is 17.6 Å². The minimum Gasteiger partial charge on any atom is -0.487 e. The molecule has 27 heavy (non-hydrogen) atoms. The van der Waals surface area contributed by atoms with Gasteiger partial charge in [0.25, 0.3) is 0 Å². The molecule has 1 aliphatic carbocycles. The number of carbonyl (C=O) groups is 1. The third kappa shape index (κ3) is 3.60. The van der Waals surface area contributed by atoms with Crippen LogP contribution in [0.1, 0.15) is 62.6 Å². The van der Waals surface area contributed by atoms with Gasteiger partial charge in [-0.3, -0.25) is 4.79 Å². The van der Waals surface area contributed by atoms with Crippen molar-refractivity contribution in [2.45, 2.75) is 77.4 Å². The minimum atomic E-state index is -0.434. The number of rotatable bonds is 3. The molecule has 1 fully saturated rings. The summed E-state index contributed by atoms with van der Waals surface area (Å²) in [6.07, 6.45) is 6.31. The first kappa shape index (κ1) is 18.1. The molecule has 0 bridgehead atoms. The number of aryl methyl sites for hydroxylation is 2. The van der Waals surface area contributed by atoms with Crippen LogP contribution < -0.4 is 15.7 Å². The molecule has 1 aromatic heterocycles. The van der Waals surface area contributed by atoms with Crippen molar-refractivity contribution in [3.63, 3.8) is 0 Å². The smallest absolute Gasteiger partial charge is 0.340 e. The summed E-state index contributed by atoms with van der Waals surface area (Å²) in [5, 5.41) is 3.94. The van der Waals surface area contributed by atoms with Gasteiger partial charge in [0, 0.05) is 17.5 Å². The normalized spacial score (nSPS) is 18.9. The van der Waals surface area contributed by atoms with Crippen molar-refractivity contribution in [1.29, 1.82) is 0 Å². The molecule has 1 aromatic carbocycles. The zero-order chi connectivity index (χ0) is 19.2. The topological polar surface area (TPSA) is 68.5 Å². The fraction of sp³-hybridized carbons (Fsp3) is 0.545. The van der Waals surface area contributed by atoms with Gasteiger partial charge in [0.1, 0.15) is 16.9 Å². The molecule has 1 saturated carbocycles. The summed E-state index contributed by atoms with van der Waals surface area (Å²) in [4.78, 5) is 24.9. The Morgan fingerprint density at radius 1 is 1.26 bits per heavy atom. The maximum atomic E-state index is 12.5. The number of carbonyl (C=O) groups excluding carboxylic acids is 1. The van der Waals surface area contributed by atoms with Crippen LogP contribution >= 0.6 is 0 Å². The van der Waals surface area contributed by atoms with Crippen molar-refractivity contribution in [2.75, 3.05) is 0 Å². The summed E-state index contributed by atoms with van der Waals surface area (Å²) in [7, 11) is 0. The van der Waals surface area contributed by atoms with Crippen LogP contribution in [-0.4, -0.2) is 17.6 Å². The summed E-state index contributed by atoms with van der Waals surface area (Å²) in [6, 6.07) is 4.12. The van der Waals surface area contributed by atoms with E-state index in [1.165, 1.54) is 0 Å². The van der Waals surface area contributed by atoms with Gasteiger partial charge in [0.2, 0.25) is 5.91 Å². The molecule has 0 radical (unpaired) electrons. The van der Waals surface area contributed by atoms with Crippen LogP contribution in [0.2, 0.25) is 0 Å². The van der Waals surface area contributed by atoms with E-state index in [1.54, 1.807) is 0 Å². The van der Waals surface area contributed by atoms with Crippen molar-refractivity contribution in [1.82, 2.24) is 5.32 Å². The average Bonchev–Trinajstić information content (AvgIpc) is 3.09. The third-order valence-corrected chi connectivity index (χ3v) is 5.91. The highest BCUT2D eigenvalue weighted by molar-refractivity contribution is 5.86. The van der Waals surface area contributed by atoms with Gasteiger partial charge < -0.3 is 14.5 Å². The van der Waals surface area contributed by atoms with Gasteiger partial charge in [0.15, 0.2) is 0 Å². The molecule has 1 amide bonds. The van der Waals surface area contributed by atoms with Crippen LogP contribution in [0.5, 0.6) is 5.75 Å². The number of ether oxygens (including phenoxy) is 1. The van der Waals surface area contributed by atoms with Gasteiger partial charge in [-0.25, -0.2) is 4.79 Å². The molecule has 1 N–H and O–H groups in total. The fourth-order valence-corrected chi connectivity index (χ4v) is 4.25. The monoisotopic (exact) mass is 369 g/mol. The summed E-state index contributed by atoms with van der Waals surface area (Å²) in [5.41, 5.74) is 2.28. The Balaban J connectivity index is 1.66. The van der Waals surface area contributed by atoms with E-state index in [2.05, 4.69) is 25.2 Å². The fourth-order valence-electron chi connectivity index (χ4n) is 4.25. The van der Waals surface area contributed by atoms with E-state index >= 15 is 0 Å². The number of hydrogen-bond acceptors (Lipinski definition) is 4. The molecule has 144 valence electrons. The third-order valence-electron chi connectivity index (χ3n) is 5.91. The van der Waals surface area contributed by atoms with Crippen LogP contribution in [0.4, 0.5) is 0 Å². The van der Waals surface area contributed by atoms with Crippen LogP contribution in [0, 0.1) is 6.92 Å². The highest BCUT2D eigenvalue weighted by Crippen LogP contribution is 2.36. The van der Waals surface area contributed by atoms with E-state index in [4.69, 9.17) is 9.15 Å². The van der Waals surface area contributed by atoms with Gasteiger partial charge in [-0.05, 0) is 63.6 Å². The Morgan fingerprint density at radius 2 is 2.00 bits per heavy atom. The van der Waals surface area contributed by atoms with Gasteiger partial charge in [-0.2, -0.15) is 0 Å². The Kier molecular flexibility index (Phi) is 4.49. The first-order chi connectivity index (χ1) is 12.8. The average molecular weight is 369 g/mol. The first-order valence-corrected chi connectivity index (χ1v) is 9.90. The maximum Gasteiger partial charge on any atom is 0.340 e. The van der Waals surface area contributed by atoms with E-state index in [0.717, 1.165) is 60.8 Å². The van der Waals surface area contributed by atoms with E-state index in [0.29, 0.717) is 11.1 Å². The molecule has 0 spiro atoms. The number of amides is 1. The Hall–Kier alpha value is -2.30. The van der Waals surface area contributed by atoms with Gasteiger partial charge >= 0.3 is 5.63 Å². The standard InChI is InChI=1S/C22H27NO4/c1-13-16-10-14-8-9-22(2,3)27-18(14)12-19(16)26-21(25)17(13)11-20(24)23-15-6-4-5-7-15/h10,12,15H,4-9,11H2,1-3H3,(H,23,24). The predicted molar refractivity (Wildman–Crippen MR) is 104 cm³/mol. The van der Waals surface area contributed by atoms with Gasteiger partial charge in [-0.15, -0.1) is 0 Å². The zero-order valence-corrected chi connectivity index (χ0v) is 16.3. The second-order valence-corrected chi connectivity index (χ2v) is 8.54. The van der Waals surface area contributed by atoms with E-state index < -0.39 is 5.63 Å². The molecule has 5 nitrogen and oxygen atoms in total. The summed E-state index contributed by atoms with van der Waals surface area (Å²) < 4.78 is 11.6. The predicted octanol–water partition coefficient (Wildman–Crippen LogP) is 3.81. The van der Waals surface area contributed by atoms with Crippen molar-refractivity contribution < 1.29 is 13.9 Å². The number of benzene rings is 1. The first-order valence-electron chi connectivity index (χ1n) is 9.90. The van der Waals surface area contributed by atoms with Crippen LogP contribution in [0.3, 0.4) is 0 Å². The number of fused-ring (bicyclic) bond motifs is 2. The van der Waals surface area contributed by atoms with Crippen molar-refractivity contribution in [2.24, 2.45) is 0 Å². The van der Waals surface area contributed by atoms with E-state index in [-0.39, 0.29) is 24.0 Å². The molecule has 0 atom stereocenters. The van der Waals surface area contributed by atoms with Crippen molar-refractivity contribution in [3.8, 4) is 5.75 Å². The molecule has 4 rings (SSSR count). The van der Waals surface area contributed by atoms with Gasteiger partial charge in [0.05, 0.1) is 12.0 Å². The molecule has 2 heterocycles. The molecular formula is C22H27NO4. The molecule has 1 aliphatic heterocycles. The summed E-state index contributed by atoms with van der Waals surface area (Å²) >= 11 is 0. The molecule has 0 saturated heterocycles. The number of nitrogens with one attached hydrogen (secondary N) is 1. The summed E-state index contributed by atoms with van der Waals surface area (Å²) in [6.45, 7) is 6.03. The van der Waals surface area contributed by atoms with Crippen LogP contribution in [0.25, 0.3) is 11.0 Å². The Bertz CT molecular complexity index is 951. The van der Waals surface area contributed by atoms with E-state index in [9.17, 15) is 9.59 Å². The Labute approximate surface area is 159 Å². The molecular weight excluding hydrogens is 342 g/mol. The minimum absolute atomic E-state index is 0.0707.